The molecule has 17 heavy (non-hydrogen) atoms. The molecule has 2 fully saturated rings. The van der Waals surface area contributed by atoms with Gasteiger partial charge in [-0.05, 0) is 35.5 Å². The zero-order valence-electron chi connectivity index (χ0n) is 11.7. The van der Waals surface area contributed by atoms with Gasteiger partial charge in [0.05, 0.1) is 0 Å². The van der Waals surface area contributed by atoms with Gasteiger partial charge in [-0.15, -0.1) is 0 Å². The second kappa shape index (κ2) is 3.60. The van der Waals surface area contributed by atoms with Crippen LogP contribution in [0, 0.1) is 28.6 Å². The van der Waals surface area contributed by atoms with Crippen LogP contribution in [0.5, 0.6) is 0 Å². The summed E-state index contributed by atoms with van der Waals surface area (Å²) in [6.45, 7) is 11.5. The van der Waals surface area contributed by atoms with Gasteiger partial charge < -0.3 is 5.73 Å². The molecule has 2 rings (SSSR count). The lowest BCUT2D eigenvalue weighted by Crippen LogP contribution is -2.37. The van der Waals surface area contributed by atoms with Crippen LogP contribution in [-0.2, 0) is 4.79 Å². The molecule has 2 nitrogen and oxygen atoms in total. The minimum absolute atomic E-state index is 0.0833. The molecule has 0 bridgehead atoms. The summed E-state index contributed by atoms with van der Waals surface area (Å²) in [4.78, 5) is 12.5. The Bertz CT molecular complexity index is 378. The molecule has 0 saturated heterocycles. The molecule has 3 atom stereocenters. The summed E-state index contributed by atoms with van der Waals surface area (Å²) < 4.78 is 0. The monoisotopic (exact) mass is 235 g/mol. The summed E-state index contributed by atoms with van der Waals surface area (Å²) in [5, 5.41) is 0. The van der Waals surface area contributed by atoms with E-state index in [0.29, 0.717) is 17.6 Å². The molecule has 2 N–H and O–H groups in total. The van der Waals surface area contributed by atoms with Crippen LogP contribution in [0.4, 0.5) is 0 Å². The van der Waals surface area contributed by atoms with Crippen LogP contribution in [0.3, 0.4) is 0 Å². The highest BCUT2D eigenvalue weighted by Crippen LogP contribution is 2.63. The Balaban J connectivity index is 2.47. The van der Waals surface area contributed by atoms with Gasteiger partial charge in [-0.1, -0.05) is 34.6 Å². The van der Waals surface area contributed by atoms with Gasteiger partial charge >= 0.3 is 0 Å². The van der Waals surface area contributed by atoms with Crippen molar-refractivity contribution in [3.05, 3.63) is 11.8 Å². The first-order valence-corrected chi connectivity index (χ1v) is 6.69. The van der Waals surface area contributed by atoms with Crippen LogP contribution in [0.15, 0.2) is 11.8 Å². The number of carbonyl (C=O) groups excluding carboxylic acids is 1. The van der Waals surface area contributed by atoms with E-state index in [1.165, 1.54) is 6.20 Å². The van der Waals surface area contributed by atoms with Gasteiger partial charge in [0.15, 0.2) is 5.78 Å². The maximum Gasteiger partial charge on any atom is 0.164 e. The van der Waals surface area contributed by atoms with Crippen molar-refractivity contribution < 1.29 is 4.79 Å². The molecule has 0 radical (unpaired) electrons. The molecule has 3 unspecified atom stereocenters. The normalized spacial score (nSPS) is 41.6. The van der Waals surface area contributed by atoms with Gasteiger partial charge in [-0.2, -0.15) is 0 Å². The van der Waals surface area contributed by atoms with Crippen molar-refractivity contribution in [2.45, 2.75) is 47.5 Å². The maximum absolute atomic E-state index is 12.5. The molecular formula is C15H25NO. The van der Waals surface area contributed by atoms with Crippen molar-refractivity contribution in [1.82, 2.24) is 0 Å². The summed E-state index contributed by atoms with van der Waals surface area (Å²) in [6.07, 6.45) is 3.51. The van der Waals surface area contributed by atoms with Crippen LogP contribution in [0.25, 0.3) is 0 Å². The topological polar surface area (TPSA) is 43.1 Å². The summed E-state index contributed by atoms with van der Waals surface area (Å²) in [5.74, 6) is 1.55. The van der Waals surface area contributed by atoms with Crippen LogP contribution >= 0.6 is 0 Å². The lowest BCUT2D eigenvalue weighted by atomic mass is 9.67. The molecule has 2 heteroatoms. The molecule has 2 saturated carbocycles. The van der Waals surface area contributed by atoms with Gasteiger partial charge in [-0.3, -0.25) is 4.79 Å². The van der Waals surface area contributed by atoms with Crippen molar-refractivity contribution >= 4 is 5.78 Å². The van der Waals surface area contributed by atoms with E-state index in [1.54, 1.807) is 0 Å². The smallest absolute Gasteiger partial charge is 0.164 e. The second-order valence-electron chi connectivity index (χ2n) is 7.04. The molecule has 0 spiro atoms. The molecule has 0 heterocycles. The number of allylic oxidation sites excluding steroid dienone is 1. The van der Waals surface area contributed by atoms with E-state index in [0.717, 1.165) is 18.4 Å². The standard InChI is InChI=1S/C15H25NO/c1-9-14(2,3)11-7-6-10(8-16)13(17)12(11)15(9,4)5/h8-9,11-12H,6-7,16H2,1-5H3. The van der Waals surface area contributed by atoms with Gasteiger partial charge in [-0.25, -0.2) is 0 Å². The number of rotatable bonds is 0. The number of nitrogens with two attached hydrogens (primary N) is 1. The molecule has 2 aliphatic carbocycles. The third-order valence-electron chi connectivity index (χ3n) is 5.92. The third-order valence-corrected chi connectivity index (χ3v) is 5.92. The summed E-state index contributed by atoms with van der Waals surface area (Å²) in [6, 6.07) is 0. The number of carbonyl (C=O) groups is 1. The minimum Gasteiger partial charge on any atom is -0.404 e. The first-order valence-electron chi connectivity index (χ1n) is 6.69. The number of hydrogen-bond donors (Lipinski definition) is 1. The summed E-state index contributed by atoms with van der Waals surface area (Å²) in [7, 11) is 0. The molecular weight excluding hydrogens is 210 g/mol. The molecule has 0 aliphatic heterocycles. The van der Waals surface area contributed by atoms with E-state index in [4.69, 9.17) is 5.73 Å². The fraction of sp³-hybridized carbons (Fsp3) is 0.800. The number of hydrogen-bond acceptors (Lipinski definition) is 2. The van der Waals surface area contributed by atoms with E-state index < -0.39 is 0 Å². The summed E-state index contributed by atoms with van der Waals surface area (Å²) >= 11 is 0. The Morgan fingerprint density at radius 1 is 1.24 bits per heavy atom. The average molecular weight is 235 g/mol. The Kier molecular flexibility index (Phi) is 2.68. The molecule has 0 amide bonds. The fourth-order valence-corrected chi connectivity index (χ4v) is 4.36. The van der Waals surface area contributed by atoms with Crippen molar-refractivity contribution in [1.29, 1.82) is 0 Å². The Hall–Kier alpha value is -0.790. The van der Waals surface area contributed by atoms with Crippen LogP contribution in [0.2, 0.25) is 0 Å². The lowest BCUT2D eigenvalue weighted by molar-refractivity contribution is -0.125. The van der Waals surface area contributed by atoms with Gasteiger partial charge in [0.1, 0.15) is 0 Å². The fourth-order valence-electron chi connectivity index (χ4n) is 4.36. The molecule has 96 valence electrons. The van der Waals surface area contributed by atoms with Gasteiger partial charge in [0.25, 0.3) is 0 Å². The SMILES string of the molecule is CC1C(C)(C)C2CCC(=CN)C(=O)C2C1(C)C. The molecule has 0 aromatic carbocycles. The average Bonchev–Trinajstić information content (AvgIpc) is 2.39. The van der Waals surface area contributed by atoms with Gasteiger partial charge in [0, 0.05) is 17.7 Å². The van der Waals surface area contributed by atoms with Crippen LogP contribution < -0.4 is 5.73 Å². The van der Waals surface area contributed by atoms with Crippen molar-refractivity contribution in [2.75, 3.05) is 0 Å². The van der Waals surface area contributed by atoms with E-state index in [9.17, 15) is 4.79 Å². The minimum atomic E-state index is 0.0833. The van der Waals surface area contributed by atoms with Crippen molar-refractivity contribution in [3.8, 4) is 0 Å². The van der Waals surface area contributed by atoms with Crippen molar-refractivity contribution in [2.24, 2.45) is 34.3 Å². The highest BCUT2D eigenvalue weighted by molar-refractivity contribution is 5.98. The molecule has 2 aliphatic rings. The quantitative estimate of drug-likeness (QED) is 0.655. The lowest BCUT2D eigenvalue weighted by Gasteiger charge is -2.36. The van der Waals surface area contributed by atoms with Gasteiger partial charge in [0.2, 0.25) is 0 Å². The number of Topliss-reactive ketones (excluding diaryl/α,β-unsaturated/α-hetero) is 1. The van der Waals surface area contributed by atoms with E-state index in [2.05, 4.69) is 34.6 Å². The van der Waals surface area contributed by atoms with Crippen LogP contribution in [-0.4, -0.2) is 5.78 Å². The van der Waals surface area contributed by atoms with E-state index in [-0.39, 0.29) is 16.7 Å². The largest absolute Gasteiger partial charge is 0.404 e. The molecule has 0 aromatic rings. The zero-order valence-corrected chi connectivity index (χ0v) is 11.7. The first-order chi connectivity index (χ1) is 7.74. The second-order valence-corrected chi connectivity index (χ2v) is 7.04. The zero-order chi connectivity index (χ0) is 13.0. The first kappa shape index (κ1) is 12.7. The van der Waals surface area contributed by atoms with E-state index in [1.807, 2.05) is 0 Å². The molecule has 0 aromatic heterocycles. The number of fused-ring (bicyclic) bond motifs is 1. The predicted octanol–water partition coefficient (Wildman–Crippen LogP) is 3.13. The Morgan fingerprint density at radius 2 is 1.82 bits per heavy atom. The highest BCUT2D eigenvalue weighted by Gasteiger charge is 2.60. The highest BCUT2D eigenvalue weighted by atomic mass is 16.1. The van der Waals surface area contributed by atoms with E-state index >= 15 is 0 Å². The third kappa shape index (κ3) is 1.49. The predicted molar refractivity (Wildman–Crippen MR) is 70.2 cm³/mol. The number of ketones is 1. The Morgan fingerprint density at radius 3 is 2.35 bits per heavy atom. The Labute approximate surface area is 105 Å². The maximum atomic E-state index is 12.5. The summed E-state index contributed by atoms with van der Waals surface area (Å²) in [5.41, 5.74) is 6.77. The van der Waals surface area contributed by atoms with Crippen LogP contribution in [0.1, 0.15) is 47.5 Å². The van der Waals surface area contributed by atoms with Crippen molar-refractivity contribution in [3.63, 3.8) is 0 Å².